The van der Waals surface area contributed by atoms with E-state index >= 15 is 0 Å². The second-order valence-corrected chi connectivity index (χ2v) is 31.9. The zero-order chi connectivity index (χ0) is 82.5. The Balaban J connectivity index is 0. The van der Waals surface area contributed by atoms with Gasteiger partial charge in [0.2, 0.25) is 0 Å². The van der Waals surface area contributed by atoms with E-state index in [0.717, 1.165) is 43.6 Å². The van der Waals surface area contributed by atoms with Crippen molar-refractivity contribution < 1.29 is 172 Å². The van der Waals surface area contributed by atoms with Crippen molar-refractivity contribution in [1.29, 1.82) is 10.5 Å². The average molecular weight is 2040 g/mol. The second-order valence-electron chi connectivity index (χ2n) is 24.2. The first-order valence-electron chi connectivity index (χ1n) is 32.6. The molecule has 4 fully saturated rings. The van der Waals surface area contributed by atoms with Crippen molar-refractivity contribution in [2.75, 3.05) is 52.4 Å². The van der Waals surface area contributed by atoms with E-state index in [1.165, 1.54) is 192 Å². The van der Waals surface area contributed by atoms with Crippen molar-refractivity contribution in [1.82, 2.24) is 19.9 Å². The number of halogens is 24. The van der Waals surface area contributed by atoms with E-state index in [1.807, 2.05) is 24.3 Å². The molecule has 4 aromatic carbocycles. The Bertz CT molecular complexity index is 3690. The monoisotopic (exact) mass is 2040 g/mol. The number of quaternary nitrogens is 4. The Kier molecular flexibility index (Phi) is 40.9. The molecule has 624 valence electrons. The number of isocyanates is 2. The van der Waals surface area contributed by atoms with Crippen LogP contribution in [0.15, 0.2) is 134 Å². The van der Waals surface area contributed by atoms with Gasteiger partial charge in [-0.15, -0.1) is 22.3 Å². The predicted octanol–water partition coefficient (Wildman–Crippen LogP) is 21.2. The van der Waals surface area contributed by atoms with Gasteiger partial charge >= 0.3 is 174 Å². The molecule has 14 nitrogen and oxygen atoms in total. The van der Waals surface area contributed by atoms with E-state index in [2.05, 4.69) is 117 Å². The van der Waals surface area contributed by atoms with Crippen LogP contribution in [0.2, 0.25) is 0 Å². The Hall–Kier alpha value is -6.48. The van der Waals surface area contributed by atoms with Gasteiger partial charge in [0.1, 0.15) is 0 Å². The number of nitrogens with zero attached hydrogens (tertiary/aromatic N) is 8. The summed E-state index contributed by atoms with van der Waals surface area (Å²) in [5.74, 6) is 0. The fraction of sp³-hybridized carbons (Fsp3) is 0.394. The summed E-state index contributed by atoms with van der Waals surface area (Å²) in [7, 11) is -42.6. The molecule has 4 aliphatic rings. The number of hydrogen-bond acceptors (Lipinski definition) is 8. The standard InChI is InChI=1S/2C18H27N2.2C12H8N2.2C2H3N.2CNO.4F6P.2Pt/c2*1-3-10-19(11-4-1)15-17-8-7-9-18(14-17)16-20-12-5-2-6-13-20;2*1-3-9-5-6-10-4-2-8-14-12(10)11(9)13-7-1;2*1-2-3;2*2-1-3;4*1-7(2,3,4,5)6;;/h2*7-9H,1-6,10-13,15-16H2;2*1-8H;2*1H3;;;;;;;;/q2*-1;;;;;6*-1;2*+2/p+4. The van der Waals surface area contributed by atoms with Crippen LogP contribution in [0.5, 0.6) is 0 Å². The molecule has 0 amide bonds. The molecule has 44 heteroatoms. The molecule has 0 aliphatic carbocycles. The molecule has 0 saturated carbocycles. The number of likely N-dealkylation sites (tertiary alicyclic amines) is 4. The third-order valence-corrected chi connectivity index (χ3v) is 14.5. The van der Waals surface area contributed by atoms with Crippen molar-refractivity contribution >= 4 is 87.0 Å². The predicted molar refractivity (Wildman–Crippen MR) is 373 cm³/mol. The number of pyridine rings is 4. The second kappa shape index (κ2) is 42.6. The number of hydrogen-bond donors (Lipinski definition) is 4. The van der Waals surface area contributed by atoms with Crippen LogP contribution >= 0.6 is 31.2 Å². The number of piperidine rings is 4. The fourth-order valence-corrected chi connectivity index (χ4v) is 10.9. The average Bonchev–Trinajstić information content (AvgIpc) is 0.811. The number of aromatic nitrogens is 4. The van der Waals surface area contributed by atoms with Crippen molar-refractivity contribution in [2.24, 2.45) is 0 Å². The first-order chi connectivity index (χ1) is 49.2. The van der Waals surface area contributed by atoms with Gasteiger partial charge in [-0.3, -0.25) is 29.5 Å². The third kappa shape index (κ3) is 67.2. The van der Waals surface area contributed by atoms with Gasteiger partial charge in [-0.2, -0.15) is 59.1 Å². The molecule has 4 N–H and O–H groups in total. The van der Waals surface area contributed by atoms with Gasteiger partial charge in [0.15, 0.2) is 0 Å². The normalized spacial score (nSPS) is 16.9. The van der Waals surface area contributed by atoms with Gasteiger partial charge < -0.3 is 30.4 Å². The minimum Gasteiger partial charge on any atom is -0.724 e. The first kappa shape index (κ1) is 106. The van der Waals surface area contributed by atoms with Crippen LogP contribution in [0, 0.1) is 34.8 Å². The number of benzene rings is 4. The van der Waals surface area contributed by atoms with E-state index < -0.39 is 31.2 Å². The molecule has 4 aliphatic heterocycles. The van der Waals surface area contributed by atoms with Crippen LogP contribution in [-0.4, -0.2) is 84.5 Å². The number of carbonyl (C=O) groups excluding carboxylic acids is 2. The zero-order valence-electron chi connectivity index (χ0n) is 58.6. The number of rotatable bonds is 8. The van der Waals surface area contributed by atoms with Gasteiger partial charge in [-0.25, -0.2) is 0 Å². The smallest absolute Gasteiger partial charge is 0.724 e. The van der Waals surface area contributed by atoms with Crippen LogP contribution in [0.1, 0.15) is 113 Å². The number of nitrogens with one attached hydrogen (secondary N) is 4. The Morgan fingerprint density at radius 2 is 0.464 bits per heavy atom. The van der Waals surface area contributed by atoms with Gasteiger partial charge in [-0.1, -0.05) is 48.5 Å². The van der Waals surface area contributed by atoms with Crippen LogP contribution in [-0.2, 0) is 77.9 Å². The molecule has 8 heterocycles. The molecule has 0 radical (unpaired) electrons. The summed E-state index contributed by atoms with van der Waals surface area (Å²) in [6, 6.07) is 48.8. The molecule has 0 bridgehead atoms. The van der Waals surface area contributed by atoms with Crippen molar-refractivity contribution in [3.8, 4) is 12.1 Å². The van der Waals surface area contributed by atoms with Crippen LogP contribution < -0.4 is 19.6 Å². The van der Waals surface area contributed by atoms with Crippen LogP contribution in [0.25, 0.3) is 54.4 Å². The maximum Gasteiger partial charge on any atom is 2.00 e. The maximum absolute atomic E-state index is 10.7. The Labute approximate surface area is 646 Å². The quantitative estimate of drug-likeness (QED) is 0.0288. The summed E-state index contributed by atoms with van der Waals surface area (Å²) < 4.78 is 237. The Morgan fingerprint density at radius 1 is 0.318 bits per heavy atom. The first-order valence-corrected chi connectivity index (χ1v) is 40.7. The van der Waals surface area contributed by atoms with Crippen LogP contribution in [0.3, 0.4) is 0 Å². The number of nitriles is 2. The van der Waals surface area contributed by atoms with Crippen molar-refractivity contribution in [2.45, 2.75) is 117 Å². The summed E-state index contributed by atoms with van der Waals surface area (Å²) in [6.07, 6.45) is 25.2. The summed E-state index contributed by atoms with van der Waals surface area (Å²) in [4.78, 5) is 40.9. The van der Waals surface area contributed by atoms with E-state index in [1.54, 1.807) is 56.5 Å². The molecule has 4 saturated heterocycles. The molecular weight excluding hydrogens is 1960 g/mol. The molecule has 0 spiro atoms. The SMILES string of the molecule is CC#N.CC#N.F[P-](F)(F)(F)(F)F.F[P-](F)(F)(F)(F)F.F[P-](F)(F)(F)(F)F.F[P-](F)(F)(F)(F)F.[N-]=C=O.[N-]=C=O.[Pt+2].[Pt+2].[c-]1c(C[NH+]2CCCCC2)cccc1C[NH+]1CCCCC1.[c-]1c(C[NH+]2CCCCC2)cccc1C[NH+]1CCCCC1.c1cnc2c(c1)ccc1cccnc12.c1cnc2c(c1)ccc1cccnc12. The molecule has 0 atom stereocenters. The summed E-state index contributed by atoms with van der Waals surface area (Å²) in [6.45, 7) is 18.4. The minimum atomic E-state index is -10.7. The van der Waals surface area contributed by atoms with Gasteiger partial charge in [-0.05, 0) is 113 Å². The van der Waals surface area contributed by atoms with E-state index in [9.17, 15) is 101 Å². The third-order valence-electron chi connectivity index (χ3n) is 14.5. The molecule has 4 aromatic heterocycles. The fourth-order valence-electron chi connectivity index (χ4n) is 10.9. The molecular formula is C66H80F24N12O2P4Pt2. The molecule has 110 heavy (non-hydrogen) atoms. The van der Waals surface area contributed by atoms with Gasteiger partial charge in [0.25, 0.3) is 0 Å². The largest absolute Gasteiger partial charge is 2.00 e. The van der Waals surface area contributed by atoms with Crippen LogP contribution in [0.4, 0.5) is 101 Å². The summed E-state index contributed by atoms with van der Waals surface area (Å²) >= 11 is 0. The van der Waals surface area contributed by atoms with Crippen molar-refractivity contribution in [3.05, 3.63) is 179 Å². The summed E-state index contributed by atoms with van der Waals surface area (Å²) in [5.41, 5.74) is 9.62. The minimum absolute atomic E-state index is 0. The molecule has 12 rings (SSSR count). The molecule has 0 unspecified atom stereocenters. The number of fused-ring (bicyclic) bond motifs is 6. The molecule has 8 aromatic rings. The van der Waals surface area contributed by atoms with E-state index in [-0.39, 0.29) is 42.1 Å². The van der Waals surface area contributed by atoms with Crippen molar-refractivity contribution in [3.63, 3.8) is 0 Å². The van der Waals surface area contributed by atoms with E-state index in [4.69, 9.17) is 30.9 Å². The topological polar surface area (TPSA) is 196 Å². The maximum atomic E-state index is 9.87. The zero-order valence-corrected chi connectivity index (χ0v) is 66.7. The Morgan fingerprint density at radius 3 is 0.609 bits per heavy atom. The summed E-state index contributed by atoms with van der Waals surface area (Å²) in [5, 5.41) is 32.7. The van der Waals surface area contributed by atoms with E-state index in [0.29, 0.717) is 12.2 Å². The van der Waals surface area contributed by atoms with Gasteiger partial charge in [0, 0.05) is 60.2 Å². The van der Waals surface area contributed by atoms with Gasteiger partial charge in [0.05, 0.1) is 113 Å².